The third kappa shape index (κ3) is 7.07. The predicted molar refractivity (Wildman–Crippen MR) is 90.2 cm³/mol. The van der Waals surface area contributed by atoms with Crippen molar-refractivity contribution in [2.75, 3.05) is 13.1 Å². The fourth-order valence-electron chi connectivity index (χ4n) is 2.03. The van der Waals surface area contributed by atoms with Crippen LogP contribution in [0.1, 0.15) is 55.1 Å². The first-order chi connectivity index (χ1) is 9.92. The van der Waals surface area contributed by atoms with Gasteiger partial charge in [0.15, 0.2) is 0 Å². The summed E-state index contributed by atoms with van der Waals surface area (Å²) in [5.74, 6) is 6.40. The highest BCUT2D eigenvalue weighted by atomic mass is 32.1. The van der Waals surface area contributed by atoms with E-state index in [-0.39, 0.29) is 5.91 Å². The van der Waals surface area contributed by atoms with E-state index in [0.717, 1.165) is 19.6 Å². The molecule has 120 valence electrons. The number of nitrogens with zero attached hydrogens (tertiary/aromatic N) is 1. The average molecular weight is 311 g/mol. The lowest BCUT2D eigenvalue weighted by Crippen LogP contribution is -2.29. The first-order valence-corrected chi connectivity index (χ1v) is 8.56. The Morgan fingerprint density at radius 2 is 1.76 bits per heavy atom. The number of hydrogen-bond donors (Lipinski definition) is 2. The van der Waals surface area contributed by atoms with Crippen LogP contribution in [0.3, 0.4) is 0 Å². The summed E-state index contributed by atoms with van der Waals surface area (Å²) in [6.45, 7) is 12.2. The normalized spacial score (nSPS) is 11.6. The molecule has 0 saturated carbocycles. The highest BCUT2D eigenvalue weighted by Crippen LogP contribution is 2.19. The van der Waals surface area contributed by atoms with Crippen molar-refractivity contribution in [1.82, 2.24) is 10.3 Å². The van der Waals surface area contributed by atoms with E-state index in [1.165, 1.54) is 29.1 Å². The number of amides is 1. The molecule has 0 radical (unpaired) electrons. The maximum Gasteiger partial charge on any atom is 0.275 e. The van der Waals surface area contributed by atoms with Gasteiger partial charge in [-0.15, -0.1) is 11.3 Å². The molecule has 0 bridgehead atoms. The van der Waals surface area contributed by atoms with Gasteiger partial charge < -0.3 is 0 Å². The Kier molecular flexibility index (Phi) is 7.93. The van der Waals surface area contributed by atoms with E-state index in [1.807, 2.05) is 12.1 Å². The number of nitrogen functional groups attached to an aromatic ring is 1. The molecule has 0 spiro atoms. The number of hydrazine groups is 1. The van der Waals surface area contributed by atoms with Gasteiger partial charge in [0.05, 0.1) is 4.88 Å². The van der Waals surface area contributed by atoms with E-state index in [9.17, 15) is 4.79 Å². The smallest absolute Gasteiger partial charge is 0.275 e. The van der Waals surface area contributed by atoms with E-state index >= 15 is 0 Å². The summed E-state index contributed by atoms with van der Waals surface area (Å²) < 4.78 is 0. The van der Waals surface area contributed by atoms with Gasteiger partial charge in [0, 0.05) is 11.4 Å². The monoisotopic (exact) mass is 311 g/mol. The van der Waals surface area contributed by atoms with E-state index in [4.69, 9.17) is 5.84 Å². The molecular weight excluding hydrogens is 282 g/mol. The molecule has 1 amide bonds. The Morgan fingerprint density at radius 3 is 2.24 bits per heavy atom. The fourth-order valence-corrected chi connectivity index (χ4v) is 2.98. The third-order valence-electron chi connectivity index (χ3n) is 3.44. The zero-order valence-electron chi connectivity index (χ0n) is 13.7. The molecule has 0 saturated heterocycles. The van der Waals surface area contributed by atoms with Gasteiger partial charge in [-0.3, -0.25) is 15.1 Å². The summed E-state index contributed by atoms with van der Waals surface area (Å²) in [6, 6.07) is 3.89. The van der Waals surface area contributed by atoms with Crippen LogP contribution in [0.2, 0.25) is 0 Å². The summed E-state index contributed by atoms with van der Waals surface area (Å²) in [4.78, 5) is 15.9. The van der Waals surface area contributed by atoms with Crippen LogP contribution < -0.4 is 11.3 Å². The lowest BCUT2D eigenvalue weighted by molar-refractivity contribution is 0.0957. The molecule has 0 fully saturated rings. The van der Waals surface area contributed by atoms with E-state index in [0.29, 0.717) is 16.7 Å². The van der Waals surface area contributed by atoms with E-state index in [1.54, 1.807) is 0 Å². The number of nitrogens with one attached hydrogen (secondary N) is 1. The molecule has 4 nitrogen and oxygen atoms in total. The minimum atomic E-state index is -0.206. The van der Waals surface area contributed by atoms with Crippen molar-refractivity contribution < 1.29 is 4.79 Å². The topological polar surface area (TPSA) is 58.4 Å². The number of nitrogens with two attached hydrogens (primary N) is 1. The minimum Gasteiger partial charge on any atom is -0.298 e. The molecule has 1 heterocycles. The first kappa shape index (κ1) is 18.1. The van der Waals surface area contributed by atoms with Gasteiger partial charge in [0.25, 0.3) is 5.91 Å². The molecular formula is C16H29N3OS. The summed E-state index contributed by atoms with van der Waals surface area (Å²) in [7, 11) is 0. The van der Waals surface area contributed by atoms with Gasteiger partial charge >= 0.3 is 0 Å². The van der Waals surface area contributed by atoms with Crippen LogP contribution in [0.5, 0.6) is 0 Å². The summed E-state index contributed by atoms with van der Waals surface area (Å²) in [6.07, 6.45) is 2.42. The Morgan fingerprint density at radius 1 is 1.19 bits per heavy atom. The lowest BCUT2D eigenvalue weighted by atomic mass is 10.1. The number of carbonyl (C=O) groups is 1. The minimum absolute atomic E-state index is 0.206. The van der Waals surface area contributed by atoms with Crippen LogP contribution in [-0.2, 0) is 6.54 Å². The molecule has 1 aromatic heterocycles. The summed E-state index contributed by atoms with van der Waals surface area (Å²) in [5, 5.41) is 0. The molecule has 0 unspecified atom stereocenters. The summed E-state index contributed by atoms with van der Waals surface area (Å²) in [5.41, 5.74) is 2.19. The van der Waals surface area contributed by atoms with Gasteiger partial charge in [-0.05, 0) is 49.9 Å². The van der Waals surface area contributed by atoms with Crippen LogP contribution in [-0.4, -0.2) is 23.9 Å². The van der Waals surface area contributed by atoms with E-state index < -0.39 is 0 Å². The zero-order valence-corrected chi connectivity index (χ0v) is 14.5. The molecule has 0 aliphatic rings. The van der Waals surface area contributed by atoms with Crippen molar-refractivity contribution in [3.63, 3.8) is 0 Å². The predicted octanol–water partition coefficient (Wildman–Crippen LogP) is 3.25. The molecule has 0 aliphatic carbocycles. The maximum absolute atomic E-state index is 11.5. The molecule has 0 aromatic carbocycles. The highest BCUT2D eigenvalue weighted by Gasteiger charge is 2.12. The van der Waals surface area contributed by atoms with Crippen LogP contribution >= 0.6 is 11.3 Å². The largest absolute Gasteiger partial charge is 0.298 e. The molecule has 0 atom stereocenters. The zero-order chi connectivity index (χ0) is 15.8. The SMILES string of the molecule is CC(C)CCN(CCC(C)C)Cc1ccc(C(=O)NN)s1. The summed E-state index contributed by atoms with van der Waals surface area (Å²) >= 11 is 1.53. The number of rotatable bonds is 9. The van der Waals surface area contributed by atoms with Gasteiger partial charge in [-0.25, -0.2) is 5.84 Å². The quantitative estimate of drug-likeness (QED) is 0.418. The number of hydrogen-bond acceptors (Lipinski definition) is 4. The van der Waals surface area contributed by atoms with Gasteiger partial charge in [-0.1, -0.05) is 27.7 Å². The molecule has 5 heteroatoms. The van der Waals surface area contributed by atoms with Crippen LogP contribution in [0.4, 0.5) is 0 Å². The van der Waals surface area contributed by atoms with Crippen molar-refractivity contribution in [3.05, 3.63) is 21.9 Å². The number of carbonyl (C=O) groups excluding carboxylic acids is 1. The molecule has 3 N–H and O–H groups in total. The van der Waals surface area contributed by atoms with Crippen LogP contribution in [0, 0.1) is 11.8 Å². The maximum atomic E-state index is 11.5. The third-order valence-corrected chi connectivity index (χ3v) is 4.51. The second-order valence-corrected chi connectivity index (χ2v) is 7.55. The standard InChI is InChI=1S/C16H29N3OS/c1-12(2)7-9-19(10-8-13(3)4)11-14-5-6-15(21-14)16(20)18-17/h5-6,12-13H,7-11,17H2,1-4H3,(H,18,20). The second kappa shape index (κ2) is 9.18. The molecule has 0 aliphatic heterocycles. The highest BCUT2D eigenvalue weighted by molar-refractivity contribution is 7.14. The first-order valence-electron chi connectivity index (χ1n) is 7.74. The van der Waals surface area contributed by atoms with Crippen molar-refractivity contribution in [2.45, 2.75) is 47.1 Å². The molecule has 1 aromatic rings. The van der Waals surface area contributed by atoms with Crippen LogP contribution in [0.15, 0.2) is 12.1 Å². The Hall–Kier alpha value is -0.910. The van der Waals surface area contributed by atoms with Crippen molar-refractivity contribution >= 4 is 17.2 Å². The van der Waals surface area contributed by atoms with Crippen LogP contribution in [0.25, 0.3) is 0 Å². The van der Waals surface area contributed by atoms with Crippen molar-refractivity contribution in [3.8, 4) is 0 Å². The number of thiophene rings is 1. The Bertz CT molecular complexity index is 417. The van der Waals surface area contributed by atoms with Crippen molar-refractivity contribution in [1.29, 1.82) is 0 Å². The lowest BCUT2D eigenvalue weighted by Gasteiger charge is -2.23. The van der Waals surface area contributed by atoms with Gasteiger partial charge in [0.1, 0.15) is 0 Å². The van der Waals surface area contributed by atoms with Gasteiger partial charge in [-0.2, -0.15) is 0 Å². The Labute approximate surface area is 132 Å². The second-order valence-electron chi connectivity index (χ2n) is 6.38. The van der Waals surface area contributed by atoms with Crippen molar-refractivity contribution in [2.24, 2.45) is 17.7 Å². The molecule has 1 rings (SSSR count). The Balaban J connectivity index is 2.61. The average Bonchev–Trinajstić information content (AvgIpc) is 2.89. The van der Waals surface area contributed by atoms with E-state index in [2.05, 4.69) is 38.0 Å². The fraction of sp³-hybridized carbons (Fsp3) is 0.688. The van der Waals surface area contributed by atoms with Gasteiger partial charge in [0.2, 0.25) is 0 Å². The molecule has 21 heavy (non-hydrogen) atoms.